The quantitative estimate of drug-likeness (QED) is 0.605. The molecule has 2 amide bonds. The van der Waals surface area contributed by atoms with Crippen molar-refractivity contribution in [1.29, 1.82) is 0 Å². The molecule has 0 aromatic heterocycles. The largest absolute Gasteiger partial charge is 0.354 e. The lowest BCUT2D eigenvalue weighted by molar-refractivity contribution is -0.131. The van der Waals surface area contributed by atoms with Gasteiger partial charge in [0.1, 0.15) is 0 Å². The molecule has 1 saturated heterocycles. The standard InChI is InChI=1S/C13H23N3O2/c1-13(5-2-6-14-9-13)12(18)16-8-7-15-11(17)10-3-4-10/h10,14H,2-9H2,1H3,(H,15,17)(H,16,18). The lowest BCUT2D eigenvalue weighted by atomic mass is 9.82. The van der Waals surface area contributed by atoms with Gasteiger partial charge in [-0.25, -0.2) is 0 Å². The van der Waals surface area contributed by atoms with Crippen molar-refractivity contribution in [2.75, 3.05) is 26.2 Å². The maximum atomic E-state index is 12.0. The molecule has 2 rings (SSSR count). The van der Waals surface area contributed by atoms with Crippen molar-refractivity contribution in [1.82, 2.24) is 16.0 Å². The Morgan fingerprint density at radius 1 is 1.28 bits per heavy atom. The Bertz CT molecular complexity index is 320. The Morgan fingerprint density at radius 3 is 2.61 bits per heavy atom. The molecule has 0 radical (unpaired) electrons. The molecule has 2 aliphatic rings. The van der Waals surface area contributed by atoms with Gasteiger partial charge in [0.25, 0.3) is 0 Å². The van der Waals surface area contributed by atoms with Gasteiger partial charge in [0.2, 0.25) is 11.8 Å². The number of hydrogen-bond donors (Lipinski definition) is 3. The Balaban J connectivity index is 1.63. The highest BCUT2D eigenvalue weighted by Crippen LogP contribution is 2.28. The van der Waals surface area contributed by atoms with Crippen LogP contribution in [0.4, 0.5) is 0 Å². The van der Waals surface area contributed by atoms with E-state index in [1.807, 2.05) is 6.92 Å². The minimum absolute atomic E-state index is 0.0929. The molecule has 1 unspecified atom stereocenters. The number of rotatable bonds is 5. The first-order valence-corrected chi connectivity index (χ1v) is 6.88. The van der Waals surface area contributed by atoms with Gasteiger partial charge in [-0.1, -0.05) is 0 Å². The van der Waals surface area contributed by atoms with Crippen molar-refractivity contribution in [3.63, 3.8) is 0 Å². The number of carbonyl (C=O) groups is 2. The van der Waals surface area contributed by atoms with Crippen LogP contribution in [0, 0.1) is 11.3 Å². The molecular formula is C13H23N3O2. The second-order valence-corrected chi connectivity index (χ2v) is 5.66. The molecule has 0 bridgehead atoms. The molecule has 1 aliphatic heterocycles. The molecule has 1 heterocycles. The molecule has 2 fully saturated rings. The molecule has 1 saturated carbocycles. The number of hydrogen-bond acceptors (Lipinski definition) is 3. The predicted octanol–water partition coefficient (Wildman–Crippen LogP) is 0.0185. The molecule has 1 atom stereocenters. The smallest absolute Gasteiger partial charge is 0.227 e. The number of carbonyl (C=O) groups excluding carboxylic acids is 2. The molecule has 3 N–H and O–H groups in total. The third-order valence-corrected chi connectivity index (χ3v) is 3.80. The van der Waals surface area contributed by atoms with Crippen LogP contribution < -0.4 is 16.0 Å². The number of nitrogens with one attached hydrogen (secondary N) is 3. The third kappa shape index (κ3) is 3.45. The predicted molar refractivity (Wildman–Crippen MR) is 69.0 cm³/mol. The maximum Gasteiger partial charge on any atom is 0.227 e. The van der Waals surface area contributed by atoms with E-state index in [2.05, 4.69) is 16.0 Å². The van der Waals surface area contributed by atoms with E-state index >= 15 is 0 Å². The summed E-state index contributed by atoms with van der Waals surface area (Å²) in [7, 11) is 0. The van der Waals surface area contributed by atoms with Crippen molar-refractivity contribution in [3.05, 3.63) is 0 Å². The Hall–Kier alpha value is -1.10. The fourth-order valence-electron chi connectivity index (χ4n) is 2.32. The number of piperidine rings is 1. The van der Waals surface area contributed by atoms with Crippen LogP contribution in [0.1, 0.15) is 32.6 Å². The molecule has 5 nitrogen and oxygen atoms in total. The van der Waals surface area contributed by atoms with Crippen LogP contribution >= 0.6 is 0 Å². The van der Waals surface area contributed by atoms with E-state index in [1.54, 1.807) is 0 Å². The Morgan fingerprint density at radius 2 is 2.00 bits per heavy atom. The Labute approximate surface area is 108 Å². The van der Waals surface area contributed by atoms with Crippen LogP contribution in [-0.4, -0.2) is 38.0 Å². The van der Waals surface area contributed by atoms with Gasteiger partial charge in [-0.3, -0.25) is 9.59 Å². The first kappa shape index (κ1) is 13.3. The highest BCUT2D eigenvalue weighted by Gasteiger charge is 2.34. The average Bonchev–Trinajstić information content (AvgIpc) is 3.19. The summed E-state index contributed by atoms with van der Waals surface area (Å²) in [4.78, 5) is 23.4. The van der Waals surface area contributed by atoms with E-state index in [9.17, 15) is 9.59 Å². The lowest BCUT2D eigenvalue weighted by Crippen LogP contribution is -2.49. The van der Waals surface area contributed by atoms with Crippen molar-refractivity contribution in [3.8, 4) is 0 Å². The van der Waals surface area contributed by atoms with Gasteiger partial charge in [0, 0.05) is 25.6 Å². The number of amides is 2. The van der Waals surface area contributed by atoms with E-state index in [-0.39, 0.29) is 23.1 Å². The summed E-state index contributed by atoms with van der Waals surface area (Å²) in [6.07, 6.45) is 4.01. The summed E-state index contributed by atoms with van der Waals surface area (Å²) in [6.45, 7) is 4.79. The molecule has 0 aromatic carbocycles. The van der Waals surface area contributed by atoms with Gasteiger partial charge in [0.15, 0.2) is 0 Å². The molecule has 0 spiro atoms. The zero-order chi connectivity index (χ0) is 13.0. The van der Waals surface area contributed by atoms with Gasteiger partial charge < -0.3 is 16.0 Å². The first-order valence-electron chi connectivity index (χ1n) is 6.88. The van der Waals surface area contributed by atoms with Crippen LogP contribution in [0.25, 0.3) is 0 Å². The lowest BCUT2D eigenvalue weighted by Gasteiger charge is -2.32. The summed E-state index contributed by atoms with van der Waals surface area (Å²) in [5, 5.41) is 9.02. The molecule has 18 heavy (non-hydrogen) atoms. The van der Waals surface area contributed by atoms with Gasteiger partial charge >= 0.3 is 0 Å². The van der Waals surface area contributed by atoms with E-state index in [0.29, 0.717) is 13.1 Å². The van der Waals surface area contributed by atoms with Gasteiger partial charge in [-0.05, 0) is 39.2 Å². The van der Waals surface area contributed by atoms with Crippen molar-refractivity contribution < 1.29 is 9.59 Å². The van der Waals surface area contributed by atoms with Crippen molar-refractivity contribution >= 4 is 11.8 Å². The summed E-state index contributed by atoms with van der Waals surface area (Å²) < 4.78 is 0. The van der Waals surface area contributed by atoms with E-state index in [1.165, 1.54) is 0 Å². The molecule has 0 aromatic rings. The highest BCUT2D eigenvalue weighted by atomic mass is 16.2. The Kier molecular flexibility index (Phi) is 4.22. The maximum absolute atomic E-state index is 12.0. The van der Waals surface area contributed by atoms with Gasteiger partial charge in [0.05, 0.1) is 5.41 Å². The van der Waals surface area contributed by atoms with Crippen molar-refractivity contribution in [2.24, 2.45) is 11.3 Å². The SMILES string of the molecule is CC1(C(=O)NCCNC(=O)C2CC2)CCCNC1. The minimum Gasteiger partial charge on any atom is -0.354 e. The molecule has 102 valence electrons. The molecule has 1 aliphatic carbocycles. The molecule has 5 heteroatoms. The summed E-state index contributed by atoms with van der Waals surface area (Å²) in [6, 6.07) is 0. The van der Waals surface area contributed by atoms with Crippen LogP contribution in [0.5, 0.6) is 0 Å². The van der Waals surface area contributed by atoms with Crippen LogP contribution in [0.15, 0.2) is 0 Å². The first-order chi connectivity index (χ1) is 8.62. The molecular weight excluding hydrogens is 230 g/mol. The normalized spacial score (nSPS) is 27.6. The van der Waals surface area contributed by atoms with Crippen LogP contribution in [0.2, 0.25) is 0 Å². The topological polar surface area (TPSA) is 70.2 Å². The summed E-state index contributed by atoms with van der Waals surface area (Å²) in [5.74, 6) is 0.464. The summed E-state index contributed by atoms with van der Waals surface area (Å²) in [5.41, 5.74) is -0.293. The van der Waals surface area contributed by atoms with Crippen molar-refractivity contribution in [2.45, 2.75) is 32.6 Å². The fourth-order valence-corrected chi connectivity index (χ4v) is 2.32. The van der Waals surface area contributed by atoms with Gasteiger partial charge in [-0.2, -0.15) is 0 Å². The second-order valence-electron chi connectivity index (χ2n) is 5.66. The minimum atomic E-state index is -0.293. The third-order valence-electron chi connectivity index (χ3n) is 3.80. The highest BCUT2D eigenvalue weighted by molar-refractivity contribution is 5.83. The van der Waals surface area contributed by atoms with E-state index < -0.39 is 0 Å². The average molecular weight is 253 g/mol. The summed E-state index contributed by atoms with van der Waals surface area (Å²) >= 11 is 0. The van der Waals surface area contributed by atoms with Crippen LogP contribution in [0.3, 0.4) is 0 Å². The van der Waals surface area contributed by atoms with E-state index in [0.717, 1.165) is 38.8 Å². The second kappa shape index (κ2) is 5.69. The van der Waals surface area contributed by atoms with E-state index in [4.69, 9.17) is 0 Å². The monoisotopic (exact) mass is 253 g/mol. The van der Waals surface area contributed by atoms with Crippen LogP contribution in [-0.2, 0) is 9.59 Å². The zero-order valence-corrected chi connectivity index (χ0v) is 11.1. The van der Waals surface area contributed by atoms with Gasteiger partial charge in [-0.15, -0.1) is 0 Å². The zero-order valence-electron chi connectivity index (χ0n) is 11.1. The fraction of sp³-hybridized carbons (Fsp3) is 0.846.